The predicted molar refractivity (Wildman–Crippen MR) is 118 cm³/mol. The number of furan rings is 1. The van der Waals surface area contributed by atoms with E-state index in [9.17, 15) is 20.2 Å². The largest absolute Gasteiger partial charge is 0.494 e. The third-order valence-corrected chi connectivity index (χ3v) is 4.79. The molecule has 1 aromatic heterocycles. The van der Waals surface area contributed by atoms with E-state index < -0.39 is 10.8 Å². The number of benzene rings is 2. The van der Waals surface area contributed by atoms with Crippen LogP contribution in [0.25, 0.3) is 17.4 Å². The van der Waals surface area contributed by atoms with Crippen LogP contribution in [0.15, 0.2) is 69.1 Å². The van der Waals surface area contributed by atoms with Crippen molar-refractivity contribution in [1.82, 2.24) is 0 Å². The Morgan fingerprint density at radius 1 is 1.26 bits per heavy atom. The molecule has 0 aliphatic rings. The van der Waals surface area contributed by atoms with E-state index >= 15 is 0 Å². The smallest absolute Gasteiger partial charge is 0.270 e. The number of nitro benzene ring substituents is 1. The number of anilines is 1. The molecule has 0 saturated heterocycles. The fourth-order valence-corrected chi connectivity index (χ4v) is 3.25. The van der Waals surface area contributed by atoms with Gasteiger partial charge in [0.05, 0.1) is 11.5 Å². The minimum Gasteiger partial charge on any atom is -0.494 e. The lowest BCUT2D eigenvalue weighted by molar-refractivity contribution is -0.384. The zero-order valence-corrected chi connectivity index (χ0v) is 17.9. The van der Waals surface area contributed by atoms with E-state index in [4.69, 9.17) is 9.15 Å². The van der Waals surface area contributed by atoms with Gasteiger partial charge in [-0.2, -0.15) is 5.26 Å². The van der Waals surface area contributed by atoms with Gasteiger partial charge < -0.3 is 14.5 Å². The maximum Gasteiger partial charge on any atom is 0.270 e. The molecular formula is C22H16BrN3O5. The summed E-state index contributed by atoms with van der Waals surface area (Å²) in [5.41, 5.74) is 0.921. The standard InChI is InChI=1S/C22H16BrN3O5/c1-2-30-17-6-3-15(4-7-17)25-22(27)14(13-24)11-18-8-10-21(31-18)19-9-5-16(26(28)29)12-20(19)23/h3-12H,2H2,1H3,(H,25,27). The van der Waals surface area contributed by atoms with Crippen molar-refractivity contribution < 1.29 is 18.9 Å². The normalized spacial score (nSPS) is 10.9. The monoisotopic (exact) mass is 481 g/mol. The maximum atomic E-state index is 12.4. The van der Waals surface area contributed by atoms with E-state index in [1.807, 2.05) is 13.0 Å². The van der Waals surface area contributed by atoms with Gasteiger partial charge in [0, 0.05) is 33.9 Å². The number of non-ortho nitro benzene ring substituents is 1. The molecule has 0 fully saturated rings. The summed E-state index contributed by atoms with van der Waals surface area (Å²) in [7, 11) is 0. The van der Waals surface area contributed by atoms with E-state index in [1.165, 1.54) is 18.2 Å². The highest BCUT2D eigenvalue weighted by Gasteiger charge is 2.15. The van der Waals surface area contributed by atoms with Crippen LogP contribution in [0.3, 0.4) is 0 Å². The van der Waals surface area contributed by atoms with Gasteiger partial charge in [0.2, 0.25) is 0 Å². The molecule has 0 aliphatic heterocycles. The highest BCUT2D eigenvalue weighted by atomic mass is 79.9. The van der Waals surface area contributed by atoms with Crippen molar-refractivity contribution >= 4 is 39.3 Å². The van der Waals surface area contributed by atoms with Crippen LogP contribution in [0.1, 0.15) is 12.7 Å². The SMILES string of the molecule is CCOc1ccc(NC(=O)C(C#N)=Cc2ccc(-c3ccc([N+](=O)[O-])cc3Br)o2)cc1. The van der Waals surface area contributed by atoms with Gasteiger partial charge in [-0.1, -0.05) is 0 Å². The van der Waals surface area contributed by atoms with Crippen LogP contribution in [0, 0.1) is 21.4 Å². The van der Waals surface area contributed by atoms with Gasteiger partial charge >= 0.3 is 0 Å². The van der Waals surface area contributed by atoms with Crippen molar-refractivity contribution in [2.75, 3.05) is 11.9 Å². The van der Waals surface area contributed by atoms with Gasteiger partial charge in [0.15, 0.2) is 0 Å². The number of carbonyl (C=O) groups is 1. The van der Waals surface area contributed by atoms with E-state index in [0.29, 0.717) is 39.6 Å². The van der Waals surface area contributed by atoms with Gasteiger partial charge in [-0.25, -0.2) is 0 Å². The Labute approximate surface area is 186 Å². The first-order valence-corrected chi connectivity index (χ1v) is 9.90. The van der Waals surface area contributed by atoms with Gasteiger partial charge in [0.25, 0.3) is 11.6 Å². The second-order valence-corrected chi connectivity index (χ2v) is 7.06. The minimum absolute atomic E-state index is 0.0555. The number of hydrogen-bond acceptors (Lipinski definition) is 6. The van der Waals surface area contributed by atoms with Gasteiger partial charge in [-0.3, -0.25) is 14.9 Å². The van der Waals surface area contributed by atoms with Crippen molar-refractivity contribution in [2.24, 2.45) is 0 Å². The van der Waals surface area contributed by atoms with Crippen LogP contribution < -0.4 is 10.1 Å². The molecule has 0 unspecified atom stereocenters. The van der Waals surface area contributed by atoms with Crippen LogP contribution in [0.4, 0.5) is 11.4 Å². The Hall–Kier alpha value is -3.90. The minimum atomic E-state index is -0.582. The number of rotatable bonds is 7. The maximum absolute atomic E-state index is 12.4. The number of nitriles is 1. The summed E-state index contributed by atoms with van der Waals surface area (Å²) in [5.74, 6) is 0.814. The molecule has 0 radical (unpaired) electrons. The number of carbonyl (C=O) groups excluding carboxylic acids is 1. The molecule has 0 spiro atoms. The number of halogens is 1. The molecule has 0 aliphatic carbocycles. The van der Waals surface area contributed by atoms with Gasteiger partial charge in [-0.15, -0.1) is 0 Å². The van der Waals surface area contributed by atoms with E-state index in [0.717, 1.165) is 0 Å². The van der Waals surface area contributed by atoms with Crippen LogP contribution in [0.5, 0.6) is 5.75 Å². The molecule has 1 N–H and O–H groups in total. The Morgan fingerprint density at radius 2 is 2.00 bits per heavy atom. The fourth-order valence-electron chi connectivity index (χ4n) is 2.68. The van der Waals surface area contributed by atoms with Crippen LogP contribution in [0.2, 0.25) is 0 Å². The first kappa shape index (κ1) is 21.8. The van der Waals surface area contributed by atoms with Crippen LogP contribution in [-0.4, -0.2) is 17.4 Å². The Balaban J connectivity index is 1.77. The van der Waals surface area contributed by atoms with Crippen LogP contribution in [-0.2, 0) is 4.79 Å². The topological polar surface area (TPSA) is 118 Å². The lowest BCUT2D eigenvalue weighted by Gasteiger charge is -2.06. The molecule has 156 valence electrons. The van der Waals surface area contributed by atoms with Crippen LogP contribution >= 0.6 is 15.9 Å². The molecule has 31 heavy (non-hydrogen) atoms. The predicted octanol–water partition coefficient (Wildman–Crippen LogP) is 5.56. The van der Waals surface area contributed by atoms with Crippen molar-refractivity contribution in [3.05, 3.63) is 80.5 Å². The number of nitrogens with one attached hydrogen (secondary N) is 1. The Kier molecular flexibility index (Phi) is 6.85. The average Bonchev–Trinajstić information content (AvgIpc) is 3.21. The quantitative estimate of drug-likeness (QED) is 0.204. The lowest BCUT2D eigenvalue weighted by atomic mass is 10.1. The summed E-state index contributed by atoms with van der Waals surface area (Å²) in [6.07, 6.45) is 1.33. The third-order valence-electron chi connectivity index (χ3n) is 4.13. The van der Waals surface area contributed by atoms with E-state index in [2.05, 4.69) is 21.2 Å². The molecule has 8 nitrogen and oxygen atoms in total. The van der Waals surface area contributed by atoms with Crippen molar-refractivity contribution in [2.45, 2.75) is 6.92 Å². The summed E-state index contributed by atoms with van der Waals surface area (Å²) >= 11 is 3.30. The van der Waals surface area contributed by atoms with E-state index in [1.54, 1.807) is 42.5 Å². The highest BCUT2D eigenvalue weighted by Crippen LogP contribution is 2.33. The number of hydrogen-bond donors (Lipinski definition) is 1. The molecule has 2 aromatic carbocycles. The molecule has 3 rings (SSSR count). The summed E-state index contributed by atoms with van der Waals surface area (Å²) in [6, 6.07) is 16.2. The second-order valence-electron chi connectivity index (χ2n) is 6.20. The molecular weight excluding hydrogens is 466 g/mol. The molecule has 1 heterocycles. The fraction of sp³-hybridized carbons (Fsp3) is 0.0909. The molecule has 3 aromatic rings. The number of amides is 1. The first-order chi connectivity index (χ1) is 14.9. The average molecular weight is 482 g/mol. The summed E-state index contributed by atoms with van der Waals surface area (Å²) < 4.78 is 11.5. The first-order valence-electron chi connectivity index (χ1n) is 9.11. The lowest BCUT2D eigenvalue weighted by Crippen LogP contribution is -2.13. The van der Waals surface area contributed by atoms with Crippen molar-refractivity contribution in [3.8, 4) is 23.1 Å². The molecule has 1 amide bonds. The zero-order chi connectivity index (χ0) is 22.4. The molecule has 0 saturated carbocycles. The second kappa shape index (κ2) is 9.73. The highest BCUT2D eigenvalue weighted by molar-refractivity contribution is 9.10. The molecule has 0 atom stereocenters. The Bertz CT molecular complexity index is 1190. The number of nitrogens with zero attached hydrogens (tertiary/aromatic N) is 2. The zero-order valence-electron chi connectivity index (χ0n) is 16.3. The molecule has 9 heteroatoms. The third kappa shape index (κ3) is 5.38. The van der Waals surface area contributed by atoms with Gasteiger partial charge in [0.1, 0.15) is 28.9 Å². The van der Waals surface area contributed by atoms with Crippen molar-refractivity contribution in [3.63, 3.8) is 0 Å². The van der Waals surface area contributed by atoms with Crippen molar-refractivity contribution in [1.29, 1.82) is 5.26 Å². The van der Waals surface area contributed by atoms with E-state index in [-0.39, 0.29) is 11.3 Å². The summed E-state index contributed by atoms with van der Waals surface area (Å²) in [4.78, 5) is 22.8. The molecule has 0 bridgehead atoms. The summed E-state index contributed by atoms with van der Waals surface area (Å²) in [5, 5.41) is 22.9. The van der Waals surface area contributed by atoms with Gasteiger partial charge in [-0.05, 0) is 65.3 Å². The number of ether oxygens (including phenoxy) is 1. The number of nitro groups is 1. The summed E-state index contributed by atoms with van der Waals surface area (Å²) in [6.45, 7) is 2.41. The Morgan fingerprint density at radius 3 is 2.61 bits per heavy atom.